The van der Waals surface area contributed by atoms with Gasteiger partial charge in [-0.3, -0.25) is 0 Å². The predicted octanol–water partition coefficient (Wildman–Crippen LogP) is 2.32. The fraction of sp³-hybridized carbons (Fsp3) is 0.500. The number of hydrogen-bond donors (Lipinski definition) is 0. The van der Waals surface area contributed by atoms with Crippen molar-refractivity contribution in [3.63, 3.8) is 0 Å². The first-order valence-corrected chi connectivity index (χ1v) is 5.82. The minimum Gasteiger partial charge on any atom is -0.463 e. The van der Waals surface area contributed by atoms with Crippen LogP contribution in [0.2, 0.25) is 0 Å². The average Bonchev–Trinajstić information content (AvgIpc) is 2.86. The molecule has 0 aromatic heterocycles. The molecule has 2 nitrogen and oxygen atoms in total. The Balaban J connectivity index is 1.82. The van der Waals surface area contributed by atoms with E-state index < -0.39 is 0 Å². The number of rotatable bonds is 2. The third-order valence-corrected chi connectivity index (χ3v) is 3.14. The van der Waals surface area contributed by atoms with Crippen LogP contribution in [0.3, 0.4) is 0 Å². The molecule has 0 N–H and O–H groups in total. The van der Waals surface area contributed by atoms with E-state index in [1.165, 1.54) is 18.9 Å². The van der Waals surface area contributed by atoms with Gasteiger partial charge in [-0.05, 0) is 37.7 Å². The highest BCUT2D eigenvalue weighted by atomic mass is 16.5. The molecular weight excluding hydrogens is 200 g/mol. The van der Waals surface area contributed by atoms with Crippen LogP contribution < -0.4 is 0 Å². The molecule has 3 unspecified atom stereocenters. The van der Waals surface area contributed by atoms with Crippen LogP contribution >= 0.6 is 0 Å². The molecule has 2 heteroatoms. The topological polar surface area (TPSA) is 26.3 Å². The van der Waals surface area contributed by atoms with Crippen LogP contribution in [0.1, 0.15) is 19.8 Å². The van der Waals surface area contributed by atoms with Crippen LogP contribution in [0.5, 0.6) is 0 Å². The van der Waals surface area contributed by atoms with Crippen LogP contribution in [0.4, 0.5) is 0 Å². The van der Waals surface area contributed by atoms with Crippen LogP contribution in [0, 0.1) is 29.6 Å². The standard InChI is InChI=1S/C14H16O2/c1-2-16-14(15)6-4-3-5-12-9-11-7-8-13(12)10-11/h4,6-8,11-13H,2,9-10H2,1H3. The number of ether oxygens (including phenoxy) is 1. The number of carbonyl (C=O) groups is 1. The van der Waals surface area contributed by atoms with Gasteiger partial charge in [-0.1, -0.05) is 24.0 Å². The van der Waals surface area contributed by atoms with Gasteiger partial charge < -0.3 is 4.74 Å². The Kier molecular flexibility index (Phi) is 3.46. The first kappa shape index (κ1) is 11.0. The second-order valence-corrected chi connectivity index (χ2v) is 4.26. The van der Waals surface area contributed by atoms with Gasteiger partial charge in [0.2, 0.25) is 0 Å². The Bertz CT molecular complexity index is 381. The molecule has 0 aromatic rings. The second-order valence-electron chi connectivity index (χ2n) is 4.26. The van der Waals surface area contributed by atoms with Gasteiger partial charge in [-0.15, -0.1) is 0 Å². The summed E-state index contributed by atoms with van der Waals surface area (Å²) in [4.78, 5) is 11.0. The largest absolute Gasteiger partial charge is 0.463 e. The summed E-state index contributed by atoms with van der Waals surface area (Å²) in [6.45, 7) is 2.20. The maximum Gasteiger partial charge on any atom is 0.331 e. The van der Waals surface area contributed by atoms with Gasteiger partial charge in [-0.2, -0.15) is 0 Å². The summed E-state index contributed by atoms with van der Waals surface area (Å²) in [6, 6.07) is 0. The zero-order valence-corrected chi connectivity index (χ0v) is 9.48. The molecule has 0 amide bonds. The quantitative estimate of drug-likeness (QED) is 0.306. The van der Waals surface area contributed by atoms with Crippen LogP contribution in [0.15, 0.2) is 24.3 Å². The van der Waals surface area contributed by atoms with Crippen molar-refractivity contribution < 1.29 is 9.53 Å². The summed E-state index contributed by atoms with van der Waals surface area (Å²) in [5.74, 6) is 7.72. The number of fused-ring (bicyclic) bond motifs is 2. The maximum absolute atomic E-state index is 11.0. The van der Waals surface area contributed by atoms with Crippen molar-refractivity contribution in [2.24, 2.45) is 17.8 Å². The number of carbonyl (C=O) groups excluding carboxylic acids is 1. The summed E-state index contributed by atoms with van der Waals surface area (Å²) < 4.78 is 4.76. The van der Waals surface area contributed by atoms with E-state index >= 15 is 0 Å². The second kappa shape index (κ2) is 5.03. The lowest BCUT2D eigenvalue weighted by molar-refractivity contribution is -0.137. The molecule has 2 aliphatic rings. The molecule has 3 atom stereocenters. The lowest BCUT2D eigenvalue weighted by atomic mass is 9.94. The molecule has 84 valence electrons. The number of esters is 1. The Hall–Kier alpha value is -1.49. The minimum atomic E-state index is -0.315. The molecule has 1 fully saturated rings. The summed E-state index contributed by atoms with van der Waals surface area (Å²) in [5, 5.41) is 0. The van der Waals surface area contributed by atoms with Gasteiger partial charge in [0.25, 0.3) is 0 Å². The zero-order chi connectivity index (χ0) is 11.4. The molecular formula is C14H16O2. The first-order valence-electron chi connectivity index (χ1n) is 5.82. The Morgan fingerprint density at radius 3 is 3.00 bits per heavy atom. The zero-order valence-electron chi connectivity index (χ0n) is 9.48. The fourth-order valence-corrected chi connectivity index (χ4v) is 2.40. The SMILES string of the molecule is CCOC(=O)C=CC#CC1CC2C=CC1C2. The lowest BCUT2D eigenvalue weighted by Crippen LogP contribution is -2.03. The van der Waals surface area contributed by atoms with Crippen molar-refractivity contribution >= 4 is 5.97 Å². The van der Waals surface area contributed by atoms with Crippen molar-refractivity contribution in [3.05, 3.63) is 24.3 Å². The highest BCUT2D eigenvalue weighted by molar-refractivity contribution is 5.82. The molecule has 2 rings (SSSR count). The van der Waals surface area contributed by atoms with E-state index in [0.717, 1.165) is 5.92 Å². The van der Waals surface area contributed by atoms with Crippen molar-refractivity contribution in [3.8, 4) is 11.8 Å². The molecule has 0 aliphatic heterocycles. The summed E-state index contributed by atoms with van der Waals surface area (Å²) in [6.07, 6.45) is 10.0. The predicted molar refractivity (Wildman–Crippen MR) is 62.4 cm³/mol. The number of hydrogen-bond acceptors (Lipinski definition) is 2. The van der Waals surface area contributed by atoms with Crippen molar-refractivity contribution in [2.45, 2.75) is 19.8 Å². The van der Waals surface area contributed by atoms with E-state index in [2.05, 4.69) is 24.0 Å². The molecule has 1 saturated carbocycles. The van der Waals surface area contributed by atoms with E-state index in [1.54, 1.807) is 13.0 Å². The van der Waals surface area contributed by atoms with Gasteiger partial charge >= 0.3 is 5.97 Å². The summed E-state index contributed by atoms with van der Waals surface area (Å²) in [5.41, 5.74) is 0. The Labute approximate surface area is 96.4 Å². The van der Waals surface area contributed by atoms with Gasteiger partial charge in [-0.25, -0.2) is 4.79 Å². The molecule has 0 heterocycles. The normalized spacial score (nSPS) is 30.4. The monoisotopic (exact) mass is 216 g/mol. The summed E-state index contributed by atoms with van der Waals surface area (Å²) >= 11 is 0. The fourth-order valence-electron chi connectivity index (χ4n) is 2.40. The molecule has 0 saturated heterocycles. The number of allylic oxidation sites excluding steroid dienone is 3. The molecule has 2 bridgehead atoms. The van der Waals surface area contributed by atoms with Crippen LogP contribution in [-0.4, -0.2) is 12.6 Å². The van der Waals surface area contributed by atoms with Crippen LogP contribution in [0.25, 0.3) is 0 Å². The van der Waals surface area contributed by atoms with Gasteiger partial charge in [0.05, 0.1) is 6.61 Å². The van der Waals surface area contributed by atoms with Gasteiger partial charge in [0.1, 0.15) is 0 Å². The highest BCUT2D eigenvalue weighted by Crippen LogP contribution is 2.42. The first-order chi connectivity index (χ1) is 7.79. The molecule has 0 radical (unpaired) electrons. The molecule has 2 aliphatic carbocycles. The third kappa shape index (κ3) is 2.55. The molecule has 0 aromatic carbocycles. The van der Waals surface area contributed by atoms with Crippen molar-refractivity contribution in [1.29, 1.82) is 0 Å². The molecule has 0 spiro atoms. The van der Waals surface area contributed by atoms with E-state index in [9.17, 15) is 4.79 Å². The molecule has 16 heavy (non-hydrogen) atoms. The highest BCUT2D eigenvalue weighted by Gasteiger charge is 2.34. The van der Waals surface area contributed by atoms with E-state index in [-0.39, 0.29) is 5.97 Å². The van der Waals surface area contributed by atoms with E-state index in [4.69, 9.17) is 4.74 Å². The average molecular weight is 216 g/mol. The third-order valence-electron chi connectivity index (χ3n) is 3.14. The van der Waals surface area contributed by atoms with Crippen LogP contribution in [-0.2, 0) is 9.53 Å². The van der Waals surface area contributed by atoms with Crippen molar-refractivity contribution in [2.75, 3.05) is 6.61 Å². The van der Waals surface area contributed by atoms with Crippen molar-refractivity contribution in [1.82, 2.24) is 0 Å². The minimum absolute atomic E-state index is 0.315. The Morgan fingerprint density at radius 2 is 2.38 bits per heavy atom. The smallest absolute Gasteiger partial charge is 0.331 e. The summed E-state index contributed by atoms with van der Waals surface area (Å²) in [7, 11) is 0. The van der Waals surface area contributed by atoms with Gasteiger partial charge in [0, 0.05) is 12.0 Å². The van der Waals surface area contributed by atoms with E-state index in [1.807, 2.05) is 0 Å². The van der Waals surface area contributed by atoms with Gasteiger partial charge in [0.15, 0.2) is 0 Å². The maximum atomic E-state index is 11.0. The lowest BCUT2D eigenvalue weighted by Gasteiger charge is -2.09. The van der Waals surface area contributed by atoms with E-state index in [0.29, 0.717) is 18.4 Å². The Morgan fingerprint density at radius 1 is 1.50 bits per heavy atom.